The Morgan fingerprint density at radius 3 is 2.90 bits per heavy atom. The van der Waals surface area contributed by atoms with Crippen molar-refractivity contribution in [2.24, 2.45) is 10.2 Å². The minimum atomic E-state index is -0.0398. The number of aromatic nitrogens is 2. The Morgan fingerprint density at radius 1 is 1.38 bits per heavy atom. The number of amidine groups is 1. The number of thioether (sulfide) groups is 1. The molecule has 2 aromatic rings. The molecule has 1 aliphatic heterocycles. The number of hydrogen-bond donors (Lipinski definition) is 1. The van der Waals surface area contributed by atoms with E-state index in [9.17, 15) is 4.79 Å². The summed E-state index contributed by atoms with van der Waals surface area (Å²) in [5, 5.41) is 15.6. The largest absolute Gasteiger partial charge is 0.303 e. The second-order valence-corrected chi connectivity index (χ2v) is 5.40. The first-order valence-corrected chi connectivity index (χ1v) is 7.36. The molecule has 1 aromatic heterocycles. The summed E-state index contributed by atoms with van der Waals surface area (Å²) in [6.45, 7) is 1.92. The molecule has 3 rings (SSSR count). The first-order chi connectivity index (χ1) is 10.2. The predicted octanol–water partition coefficient (Wildman–Crippen LogP) is 1.73. The van der Waals surface area contributed by atoms with Gasteiger partial charge in [0.05, 0.1) is 23.3 Å². The maximum absolute atomic E-state index is 11.0. The molecule has 106 valence electrons. The van der Waals surface area contributed by atoms with E-state index in [-0.39, 0.29) is 5.91 Å². The van der Waals surface area contributed by atoms with Crippen LogP contribution >= 0.6 is 11.8 Å². The Morgan fingerprint density at radius 2 is 2.19 bits per heavy atom. The Hall–Kier alpha value is -2.41. The molecule has 1 aromatic carbocycles. The number of hydrogen-bond acceptors (Lipinski definition) is 5. The van der Waals surface area contributed by atoms with Gasteiger partial charge in [-0.05, 0) is 19.1 Å². The van der Waals surface area contributed by atoms with Crippen molar-refractivity contribution >= 4 is 29.1 Å². The maximum Gasteiger partial charge on any atom is 0.236 e. The lowest BCUT2D eigenvalue weighted by atomic mass is 10.3. The van der Waals surface area contributed by atoms with Crippen LogP contribution in [0.3, 0.4) is 0 Å². The molecular weight excluding hydrogens is 286 g/mol. The molecule has 1 amide bonds. The van der Waals surface area contributed by atoms with E-state index < -0.39 is 0 Å². The number of carbonyl (C=O) groups is 1. The lowest BCUT2D eigenvalue weighted by Crippen LogP contribution is -2.19. The van der Waals surface area contributed by atoms with Gasteiger partial charge in [0.15, 0.2) is 5.17 Å². The molecule has 1 aliphatic rings. The summed E-state index contributed by atoms with van der Waals surface area (Å²) >= 11 is 1.35. The van der Waals surface area contributed by atoms with E-state index in [0.29, 0.717) is 10.9 Å². The SMILES string of the molecule is Cc1nn(-c2ccccc2)cc1/C=N/N=C1\NC(=O)CS1. The lowest BCUT2D eigenvalue weighted by molar-refractivity contribution is -0.116. The zero-order valence-corrected chi connectivity index (χ0v) is 12.2. The highest BCUT2D eigenvalue weighted by Crippen LogP contribution is 2.11. The third kappa shape index (κ3) is 3.19. The molecule has 0 unspecified atom stereocenters. The molecule has 1 N–H and O–H groups in total. The van der Waals surface area contributed by atoms with Crippen LogP contribution in [-0.2, 0) is 4.79 Å². The smallest absolute Gasteiger partial charge is 0.236 e. The number of nitrogens with zero attached hydrogens (tertiary/aromatic N) is 4. The zero-order chi connectivity index (χ0) is 14.7. The number of benzene rings is 1. The number of amides is 1. The molecule has 6 nitrogen and oxygen atoms in total. The van der Waals surface area contributed by atoms with Gasteiger partial charge in [-0.3, -0.25) is 4.79 Å². The second kappa shape index (κ2) is 5.92. The lowest BCUT2D eigenvalue weighted by Gasteiger charge is -1.98. The van der Waals surface area contributed by atoms with Gasteiger partial charge in [0.2, 0.25) is 5.91 Å². The number of para-hydroxylation sites is 1. The minimum absolute atomic E-state index is 0.0398. The molecule has 0 spiro atoms. The Balaban J connectivity index is 1.77. The van der Waals surface area contributed by atoms with E-state index in [1.54, 1.807) is 10.9 Å². The third-order valence-electron chi connectivity index (χ3n) is 2.89. The van der Waals surface area contributed by atoms with Gasteiger partial charge in [0, 0.05) is 11.8 Å². The van der Waals surface area contributed by atoms with Crippen LogP contribution in [0.25, 0.3) is 5.69 Å². The summed E-state index contributed by atoms with van der Waals surface area (Å²) in [6.07, 6.45) is 3.54. The van der Waals surface area contributed by atoms with Crippen molar-refractivity contribution in [3.63, 3.8) is 0 Å². The molecule has 0 radical (unpaired) electrons. The predicted molar refractivity (Wildman–Crippen MR) is 83.9 cm³/mol. The number of nitrogens with one attached hydrogen (secondary N) is 1. The van der Waals surface area contributed by atoms with Crippen LogP contribution in [0.5, 0.6) is 0 Å². The molecule has 0 saturated carbocycles. The fourth-order valence-electron chi connectivity index (χ4n) is 1.84. The average Bonchev–Trinajstić information content (AvgIpc) is 3.07. The highest BCUT2D eigenvalue weighted by Gasteiger charge is 2.15. The molecular formula is C14H13N5OS. The van der Waals surface area contributed by atoms with Crippen LogP contribution < -0.4 is 5.32 Å². The minimum Gasteiger partial charge on any atom is -0.303 e. The van der Waals surface area contributed by atoms with Crippen LogP contribution in [-0.4, -0.2) is 32.8 Å². The maximum atomic E-state index is 11.0. The normalized spacial score (nSPS) is 16.8. The van der Waals surface area contributed by atoms with E-state index in [1.807, 2.05) is 43.5 Å². The van der Waals surface area contributed by atoms with Crippen molar-refractivity contribution < 1.29 is 4.79 Å². The second-order valence-electron chi connectivity index (χ2n) is 4.44. The van der Waals surface area contributed by atoms with E-state index in [1.165, 1.54) is 11.8 Å². The summed E-state index contributed by atoms with van der Waals surface area (Å²) in [5.74, 6) is 0.362. The van der Waals surface area contributed by atoms with Gasteiger partial charge in [0.25, 0.3) is 0 Å². The van der Waals surface area contributed by atoms with Crippen molar-refractivity contribution in [2.75, 3.05) is 5.75 Å². The fraction of sp³-hybridized carbons (Fsp3) is 0.143. The van der Waals surface area contributed by atoms with Crippen LogP contribution in [0, 0.1) is 6.92 Å². The molecule has 0 bridgehead atoms. The van der Waals surface area contributed by atoms with Crippen LogP contribution in [0.2, 0.25) is 0 Å². The summed E-state index contributed by atoms with van der Waals surface area (Å²) in [4.78, 5) is 11.0. The fourth-order valence-corrected chi connectivity index (χ4v) is 2.47. The topological polar surface area (TPSA) is 71.6 Å². The van der Waals surface area contributed by atoms with E-state index in [2.05, 4.69) is 20.6 Å². The monoisotopic (exact) mass is 299 g/mol. The summed E-state index contributed by atoms with van der Waals surface area (Å²) in [6, 6.07) is 9.86. The summed E-state index contributed by atoms with van der Waals surface area (Å²) in [5.41, 5.74) is 2.74. The van der Waals surface area contributed by atoms with Crippen molar-refractivity contribution in [3.8, 4) is 5.69 Å². The quantitative estimate of drug-likeness (QED) is 0.693. The van der Waals surface area contributed by atoms with Gasteiger partial charge in [-0.25, -0.2) is 4.68 Å². The van der Waals surface area contributed by atoms with E-state index in [0.717, 1.165) is 16.9 Å². The number of rotatable bonds is 3. The van der Waals surface area contributed by atoms with Crippen LogP contribution in [0.1, 0.15) is 11.3 Å². The summed E-state index contributed by atoms with van der Waals surface area (Å²) in [7, 11) is 0. The van der Waals surface area contributed by atoms with E-state index in [4.69, 9.17) is 0 Å². The van der Waals surface area contributed by atoms with Crippen LogP contribution in [0.15, 0.2) is 46.7 Å². The van der Waals surface area contributed by atoms with Gasteiger partial charge in [-0.2, -0.15) is 10.2 Å². The Kier molecular flexibility index (Phi) is 3.83. The Bertz CT molecular complexity index is 720. The first-order valence-electron chi connectivity index (χ1n) is 6.38. The van der Waals surface area contributed by atoms with E-state index >= 15 is 0 Å². The first kappa shape index (κ1) is 13.6. The molecule has 1 fully saturated rings. The molecule has 0 aliphatic carbocycles. The van der Waals surface area contributed by atoms with Crippen LogP contribution in [0.4, 0.5) is 0 Å². The number of carbonyl (C=O) groups excluding carboxylic acids is 1. The number of aryl methyl sites for hydroxylation is 1. The molecule has 2 heterocycles. The third-order valence-corrected chi connectivity index (χ3v) is 3.75. The average molecular weight is 299 g/mol. The summed E-state index contributed by atoms with van der Waals surface area (Å²) < 4.78 is 1.80. The molecule has 7 heteroatoms. The molecule has 0 atom stereocenters. The molecule has 21 heavy (non-hydrogen) atoms. The van der Waals surface area contributed by atoms with Crippen molar-refractivity contribution in [3.05, 3.63) is 47.8 Å². The van der Waals surface area contributed by atoms with Gasteiger partial charge in [0.1, 0.15) is 0 Å². The zero-order valence-electron chi connectivity index (χ0n) is 11.4. The molecule has 1 saturated heterocycles. The standard InChI is InChI=1S/C14H13N5OS/c1-10-11(7-15-17-14-16-13(20)9-21-14)8-19(18-10)12-5-3-2-4-6-12/h2-8H,9H2,1H3,(H,16,17,20)/b15-7+. The van der Waals surface area contributed by atoms with Crippen molar-refractivity contribution in [1.29, 1.82) is 0 Å². The highest BCUT2D eigenvalue weighted by atomic mass is 32.2. The van der Waals surface area contributed by atoms with Gasteiger partial charge in [-0.15, -0.1) is 5.10 Å². The van der Waals surface area contributed by atoms with Crippen molar-refractivity contribution in [1.82, 2.24) is 15.1 Å². The Labute approximate surface area is 126 Å². The van der Waals surface area contributed by atoms with Gasteiger partial charge < -0.3 is 5.32 Å². The van der Waals surface area contributed by atoms with Gasteiger partial charge >= 0.3 is 0 Å². The van der Waals surface area contributed by atoms with Gasteiger partial charge in [-0.1, -0.05) is 30.0 Å². The van der Waals surface area contributed by atoms with Crippen molar-refractivity contribution in [2.45, 2.75) is 6.92 Å². The highest BCUT2D eigenvalue weighted by molar-refractivity contribution is 8.15.